The number of nitrogens with one attached hydrogen (secondary N) is 2. The van der Waals surface area contributed by atoms with Gasteiger partial charge in [0.2, 0.25) is 5.95 Å². The van der Waals surface area contributed by atoms with Crippen LogP contribution in [0.2, 0.25) is 0 Å². The molecule has 2 aliphatic rings. The predicted molar refractivity (Wildman–Crippen MR) is 65.7 cm³/mol. The molecule has 1 aromatic rings. The van der Waals surface area contributed by atoms with Gasteiger partial charge in [0.15, 0.2) is 0 Å². The van der Waals surface area contributed by atoms with Crippen LogP contribution in [0, 0.1) is 0 Å². The molecule has 1 aromatic heterocycles. The van der Waals surface area contributed by atoms with E-state index in [-0.39, 0.29) is 23.2 Å². The minimum atomic E-state index is -0.271. The van der Waals surface area contributed by atoms with E-state index in [0.717, 1.165) is 13.0 Å². The molecule has 96 valence electrons. The molecule has 0 saturated carbocycles. The molecule has 3 rings (SSSR count). The van der Waals surface area contributed by atoms with Crippen LogP contribution in [0.3, 0.4) is 0 Å². The first-order valence-electron chi connectivity index (χ1n) is 6.07. The van der Waals surface area contributed by atoms with E-state index in [4.69, 9.17) is 5.73 Å². The highest BCUT2D eigenvalue weighted by Crippen LogP contribution is 2.16. The van der Waals surface area contributed by atoms with Crippen LogP contribution in [0.25, 0.3) is 0 Å². The fourth-order valence-corrected chi connectivity index (χ4v) is 2.42. The second-order valence-corrected chi connectivity index (χ2v) is 4.72. The topological polar surface area (TPSA) is 104 Å². The lowest BCUT2D eigenvalue weighted by Crippen LogP contribution is -2.38. The minimum Gasteiger partial charge on any atom is -0.350 e. The van der Waals surface area contributed by atoms with Gasteiger partial charge in [-0.15, -0.1) is 0 Å². The quantitative estimate of drug-likeness (QED) is 0.567. The Hall–Kier alpha value is -1.89. The van der Waals surface area contributed by atoms with Gasteiger partial charge in [-0.1, -0.05) is 0 Å². The molecule has 0 aromatic carbocycles. The van der Waals surface area contributed by atoms with E-state index in [1.165, 1.54) is 0 Å². The number of hydrogen-bond acceptors (Lipinski definition) is 5. The summed E-state index contributed by atoms with van der Waals surface area (Å²) in [7, 11) is 0. The normalized spacial score (nSPS) is 22.8. The van der Waals surface area contributed by atoms with E-state index >= 15 is 0 Å². The van der Waals surface area contributed by atoms with Gasteiger partial charge in [0, 0.05) is 25.7 Å². The highest BCUT2D eigenvalue weighted by molar-refractivity contribution is 5.94. The number of anilines is 1. The number of H-pyrrole nitrogens is 1. The van der Waals surface area contributed by atoms with Crippen LogP contribution in [0.5, 0.6) is 0 Å². The maximum absolute atomic E-state index is 11.9. The Morgan fingerprint density at radius 3 is 2.94 bits per heavy atom. The largest absolute Gasteiger partial charge is 0.350 e. The number of aromatic amines is 1. The zero-order valence-corrected chi connectivity index (χ0v) is 9.90. The molecule has 2 aliphatic heterocycles. The highest BCUT2D eigenvalue weighted by Gasteiger charge is 2.26. The molecule has 18 heavy (non-hydrogen) atoms. The number of carbonyl (C=O) groups is 1. The Morgan fingerprint density at radius 2 is 2.22 bits per heavy atom. The second-order valence-electron chi connectivity index (χ2n) is 4.72. The molecule has 7 nitrogen and oxygen atoms in total. The highest BCUT2D eigenvalue weighted by atomic mass is 16.2. The van der Waals surface area contributed by atoms with E-state index in [9.17, 15) is 9.59 Å². The van der Waals surface area contributed by atoms with Crippen molar-refractivity contribution >= 4 is 11.9 Å². The van der Waals surface area contributed by atoms with E-state index in [1.54, 1.807) is 0 Å². The van der Waals surface area contributed by atoms with Gasteiger partial charge in [-0.3, -0.25) is 14.6 Å². The monoisotopic (exact) mass is 249 g/mol. The lowest BCUT2D eigenvalue weighted by atomic mass is 10.1. The average Bonchev–Trinajstić information content (AvgIpc) is 2.77. The lowest BCUT2D eigenvalue weighted by Gasteiger charge is -2.20. The second kappa shape index (κ2) is 4.09. The van der Waals surface area contributed by atoms with Crippen molar-refractivity contribution in [3.63, 3.8) is 0 Å². The van der Waals surface area contributed by atoms with Gasteiger partial charge in [0.05, 0.1) is 5.56 Å². The summed E-state index contributed by atoms with van der Waals surface area (Å²) in [5.41, 5.74) is 6.34. The third-order valence-electron chi connectivity index (χ3n) is 3.40. The van der Waals surface area contributed by atoms with Crippen molar-refractivity contribution in [3.8, 4) is 0 Å². The molecule has 0 spiro atoms. The SMILES string of the molecule is NC1CCN(c2nc3c(c(=O)[nH]2)CCNC3=O)C1. The van der Waals surface area contributed by atoms with Crippen molar-refractivity contribution in [2.75, 3.05) is 24.5 Å². The minimum absolute atomic E-state index is 0.0974. The summed E-state index contributed by atoms with van der Waals surface area (Å²) in [6.45, 7) is 1.90. The summed E-state index contributed by atoms with van der Waals surface area (Å²) >= 11 is 0. The van der Waals surface area contributed by atoms with Crippen molar-refractivity contribution in [2.24, 2.45) is 5.73 Å². The average molecular weight is 249 g/mol. The van der Waals surface area contributed by atoms with Crippen LogP contribution in [0.15, 0.2) is 4.79 Å². The van der Waals surface area contributed by atoms with Gasteiger partial charge in [0.1, 0.15) is 5.69 Å². The van der Waals surface area contributed by atoms with Gasteiger partial charge in [-0.2, -0.15) is 0 Å². The Balaban J connectivity index is 2.02. The van der Waals surface area contributed by atoms with Gasteiger partial charge in [-0.05, 0) is 12.8 Å². The summed E-state index contributed by atoms with van der Waals surface area (Å²) in [5, 5.41) is 2.69. The molecule has 1 fully saturated rings. The summed E-state index contributed by atoms with van der Waals surface area (Å²) < 4.78 is 0. The number of carbonyl (C=O) groups excluding carboxylic acids is 1. The smallest absolute Gasteiger partial charge is 0.270 e. The van der Waals surface area contributed by atoms with E-state index in [1.807, 2.05) is 4.90 Å². The Bertz CT molecular complexity index is 553. The molecule has 7 heteroatoms. The predicted octanol–water partition coefficient (Wildman–Crippen LogP) is -1.41. The molecular formula is C11H15N5O2. The summed E-state index contributed by atoms with van der Waals surface area (Å²) in [6.07, 6.45) is 1.40. The van der Waals surface area contributed by atoms with Crippen LogP contribution in [0.1, 0.15) is 22.5 Å². The van der Waals surface area contributed by atoms with Crippen molar-refractivity contribution in [1.29, 1.82) is 0 Å². The molecular weight excluding hydrogens is 234 g/mol. The number of fused-ring (bicyclic) bond motifs is 1. The number of aromatic nitrogens is 2. The molecule has 1 saturated heterocycles. The first-order chi connectivity index (χ1) is 8.65. The van der Waals surface area contributed by atoms with Crippen LogP contribution in [-0.2, 0) is 6.42 Å². The molecule has 1 atom stereocenters. The Kier molecular flexibility index (Phi) is 2.55. The third kappa shape index (κ3) is 1.76. The van der Waals surface area contributed by atoms with Gasteiger partial charge in [0.25, 0.3) is 11.5 Å². The Labute approximate surface area is 103 Å². The molecule has 0 bridgehead atoms. The third-order valence-corrected chi connectivity index (χ3v) is 3.40. The molecule has 1 amide bonds. The number of amides is 1. The maximum atomic E-state index is 11.9. The Morgan fingerprint density at radius 1 is 1.39 bits per heavy atom. The summed E-state index contributed by atoms with van der Waals surface area (Å²) in [5.74, 6) is 0.177. The van der Waals surface area contributed by atoms with Gasteiger partial charge < -0.3 is 16.0 Å². The summed E-state index contributed by atoms with van der Waals surface area (Å²) in [4.78, 5) is 32.6. The van der Waals surface area contributed by atoms with Gasteiger partial charge >= 0.3 is 0 Å². The fourth-order valence-electron chi connectivity index (χ4n) is 2.42. The molecule has 1 unspecified atom stereocenters. The zero-order valence-electron chi connectivity index (χ0n) is 9.90. The van der Waals surface area contributed by atoms with Crippen molar-refractivity contribution in [2.45, 2.75) is 18.9 Å². The van der Waals surface area contributed by atoms with E-state index in [2.05, 4.69) is 15.3 Å². The van der Waals surface area contributed by atoms with Gasteiger partial charge in [-0.25, -0.2) is 4.98 Å². The zero-order chi connectivity index (χ0) is 12.7. The van der Waals surface area contributed by atoms with Crippen molar-refractivity contribution in [3.05, 3.63) is 21.6 Å². The molecule has 3 heterocycles. The van der Waals surface area contributed by atoms with Crippen LogP contribution >= 0.6 is 0 Å². The van der Waals surface area contributed by atoms with Crippen LogP contribution in [-0.4, -0.2) is 41.6 Å². The number of rotatable bonds is 1. The van der Waals surface area contributed by atoms with E-state index < -0.39 is 0 Å². The molecule has 4 N–H and O–H groups in total. The van der Waals surface area contributed by atoms with Crippen molar-refractivity contribution in [1.82, 2.24) is 15.3 Å². The maximum Gasteiger partial charge on any atom is 0.270 e. The lowest BCUT2D eigenvalue weighted by molar-refractivity contribution is 0.0940. The number of nitrogens with two attached hydrogens (primary N) is 1. The van der Waals surface area contributed by atoms with Crippen LogP contribution in [0.4, 0.5) is 5.95 Å². The molecule has 0 aliphatic carbocycles. The number of nitrogens with zero attached hydrogens (tertiary/aromatic N) is 2. The first-order valence-corrected chi connectivity index (χ1v) is 6.07. The number of hydrogen-bond donors (Lipinski definition) is 3. The first kappa shape index (κ1) is 11.2. The van der Waals surface area contributed by atoms with E-state index in [0.29, 0.717) is 31.0 Å². The van der Waals surface area contributed by atoms with Crippen molar-refractivity contribution < 1.29 is 4.79 Å². The van der Waals surface area contributed by atoms with Crippen LogP contribution < -0.4 is 21.5 Å². The fraction of sp³-hybridized carbons (Fsp3) is 0.545. The summed E-state index contributed by atoms with van der Waals surface area (Å²) in [6, 6.07) is 0.0974. The molecule has 0 radical (unpaired) electrons. The standard InChI is InChI=1S/C11H15N5O2/c12-6-2-4-16(5-6)11-14-8-7(9(17)15-11)1-3-13-10(8)18/h6H,1-5,12H2,(H,13,18)(H,14,15,17).